The molecule has 2 unspecified atom stereocenters. The molecule has 100 valence electrons. The maximum Gasteiger partial charge on any atom is 0.232 e. The Balaban J connectivity index is 1.93. The van der Waals surface area contributed by atoms with Crippen molar-refractivity contribution in [1.82, 2.24) is 15.3 Å². The third-order valence-corrected chi connectivity index (χ3v) is 3.22. The van der Waals surface area contributed by atoms with Gasteiger partial charge in [0.25, 0.3) is 0 Å². The van der Waals surface area contributed by atoms with Crippen molar-refractivity contribution in [3.63, 3.8) is 0 Å². The molecule has 1 aromatic rings. The van der Waals surface area contributed by atoms with E-state index in [1.807, 2.05) is 7.05 Å². The number of hydrogen-bond acceptors (Lipinski definition) is 5. The first-order valence-corrected chi connectivity index (χ1v) is 6.46. The van der Waals surface area contributed by atoms with Crippen LogP contribution in [0.25, 0.3) is 0 Å². The summed E-state index contributed by atoms with van der Waals surface area (Å²) in [5.74, 6) is 0.615. The zero-order valence-corrected chi connectivity index (χ0v) is 11.1. The van der Waals surface area contributed by atoms with E-state index in [-0.39, 0.29) is 6.10 Å². The maximum absolute atomic E-state index is 5.89. The molecule has 18 heavy (non-hydrogen) atoms. The zero-order valence-electron chi connectivity index (χ0n) is 11.1. The number of aromatic nitrogens is 2. The standard InChI is InChI=1S/C13H21N3O2/c1-14-7-10-8-15-9-13(16-10)18-12-5-3-4-11(6-12)17-2/h8-9,11-12,14H,3-7H2,1-2H3. The lowest BCUT2D eigenvalue weighted by Crippen LogP contribution is -2.29. The second-order valence-electron chi connectivity index (χ2n) is 4.64. The monoisotopic (exact) mass is 251 g/mol. The van der Waals surface area contributed by atoms with Crippen molar-refractivity contribution in [2.45, 2.75) is 44.4 Å². The fourth-order valence-electron chi connectivity index (χ4n) is 2.30. The smallest absolute Gasteiger partial charge is 0.232 e. The molecule has 0 aromatic carbocycles. The van der Waals surface area contributed by atoms with Gasteiger partial charge in [-0.25, -0.2) is 4.98 Å². The van der Waals surface area contributed by atoms with Gasteiger partial charge in [-0.2, -0.15) is 0 Å². The van der Waals surface area contributed by atoms with Gasteiger partial charge in [-0.3, -0.25) is 4.98 Å². The van der Waals surface area contributed by atoms with E-state index in [9.17, 15) is 0 Å². The summed E-state index contributed by atoms with van der Waals surface area (Å²) in [5, 5.41) is 3.05. The average Bonchev–Trinajstić information content (AvgIpc) is 2.40. The Morgan fingerprint density at radius 2 is 2.17 bits per heavy atom. The number of rotatable bonds is 5. The first kappa shape index (κ1) is 13.2. The van der Waals surface area contributed by atoms with Crippen LogP contribution < -0.4 is 10.1 Å². The Bertz CT molecular complexity index is 373. The van der Waals surface area contributed by atoms with Crippen molar-refractivity contribution in [2.24, 2.45) is 0 Å². The zero-order chi connectivity index (χ0) is 12.8. The Morgan fingerprint density at radius 1 is 1.33 bits per heavy atom. The molecule has 1 aromatic heterocycles. The van der Waals surface area contributed by atoms with Crippen molar-refractivity contribution in [3.05, 3.63) is 18.1 Å². The highest BCUT2D eigenvalue weighted by molar-refractivity contribution is 5.08. The summed E-state index contributed by atoms with van der Waals surface area (Å²) in [4.78, 5) is 8.57. The van der Waals surface area contributed by atoms with Gasteiger partial charge in [-0.1, -0.05) is 0 Å². The molecule has 5 heteroatoms. The molecule has 2 rings (SSSR count). The number of methoxy groups -OCH3 is 1. The van der Waals surface area contributed by atoms with Gasteiger partial charge in [0.1, 0.15) is 6.10 Å². The lowest BCUT2D eigenvalue weighted by Gasteiger charge is -2.28. The number of hydrogen-bond donors (Lipinski definition) is 1. The summed E-state index contributed by atoms with van der Waals surface area (Å²) >= 11 is 0. The minimum atomic E-state index is 0.197. The predicted molar refractivity (Wildman–Crippen MR) is 68.5 cm³/mol. The number of nitrogens with one attached hydrogen (secondary N) is 1. The molecule has 1 N–H and O–H groups in total. The van der Waals surface area contributed by atoms with Gasteiger partial charge in [-0.15, -0.1) is 0 Å². The third-order valence-electron chi connectivity index (χ3n) is 3.22. The van der Waals surface area contributed by atoms with E-state index in [1.165, 1.54) is 0 Å². The van der Waals surface area contributed by atoms with Gasteiger partial charge in [0.2, 0.25) is 5.88 Å². The van der Waals surface area contributed by atoms with Crippen LogP contribution in [0.15, 0.2) is 12.4 Å². The van der Waals surface area contributed by atoms with Crippen molar-refractivity contribution in [1.29, 1.82) is 0 Å². The van der Waals surface area contributed by atoms with Crippen LogP contribution in [0.1, 0.15) is 31.4 Å². The molecule has 0 amide bonds. The van der Waals surface area contributed by atoms with Gasteiger partial charge in [-0.05, 0) is 26.3 Å². The van der Waals surface area contributed by atoms with Crippen LogP contribution in [-0.4, -0.2) is 36.3 Å². The van der Waals surface area contributed by atoms with Crippen LogP contribution in [0, 0.1) is 0 Å². The summed E-state index contributed by atoms with van der Waals surface area (Å²) < 4.78 is 11.3. The summed E-state index contributed by atoms with van der Waals surface area (Å²) in [6, 6.07) is 0. The Morgan fingerprint density at radius 3 is 2.94 bits per heavy atom. The largest absolute Gasteiger partial charge is 0.473 e. The van der Waals surface area contributed by atoms with Gasteiger partial charge < -0.3 is 14.8 Å². The molecule has 0 saturated heterocycles. The van der Waals surface area contributed by atoms with Gasteiger partial charge in [0, 0.05) is 26.3 Å². The molecule has 1 saturated carbocycles. The van der Waals surface area contributed by atoms with Gasteiger partial charge in [0.15, 0.2) is 0 Å². The van der Waals surface area contributed by atoms with E-state index in [2.05, 4.69) is 15.3 Å². The Kier molecular flexibility index (Phi) is 4.90. The predicted octanol–water partition coefficient (Wildman–Crippen LogP) is 1.53. The molecule has 1 aliphatic carbocycles. The molecule has 0 bridgehead atoms. The molecular formula is C13H21N3O2. The Hall–Kier alpha value is -1.20. The lowest BCUT2D eigenvalue weighted by atomic mass is 9.95. The van der Waals surface area contributed by atoms with E-state index in [1.54, 1.807) is 19.5 Å². The molecule has 0 spiro atoms. The minimum Gasteiger partial charge on any atom is -0.473 e. The van der Waals surface area contributed by atoms with E-state index in [0.29, 0.717) is 18.5 Å². The molecule has 0 radical (unpaired) electrons. The summed E-state index contributed by atoms with van der Waals surface area (Å²) in [5.41, 5.74) is 0.897. The molecule has 1 heterocycles. The van der Waals surface area contributed by atoms with Crippen LogP contribution in [0.5, 0.6) is 5.88 Å². The highest BCUT2D eigenvalue weighted by Gasteiger charge is 2.23. The molecule has 1 fully saturated rings. The van der Waals surface area contributed by atoms with Gasteiger partial charge >= 0.3 is 0 Å². The molecular weight excluding hydrogens is 230 g/mol. The molecule has 0 aliphatic heterocycles. The third kappa shape index (κ3) is 3.65. The van der Waals surface area contributed by atoms with Crippen molar-refractivity contribution >= 4 is 0 Å². The molecule has 5 nitrogen and oxygen atoms in total. The summed E-state index contributed by atoms with van der Waals surface area (Å²) in [6.45, 7) is 0.704. The van der Waals surface area contributed by atoms with E-state index < -0.39 is 0 Å². The van der Waals surface area contributed by atoms with Crippen molar-refractivity contribution in [3.8, 4) is 5.88 Å². The maximum atomic E-state index is 5.89. The number of ether oxygens (including phenoxy) is 2. The first-order valence-electron chi connectivity index (χ1n) is 6.46. The van der Waals surface area contributed by atoms with E-state index >= 15 is 0 Å². The van der Waals surface area contributed by atoms with Crippen LogP contribution in [0.4, 0.5) is 0 Å². The number of nitrogens with zero attached hydrogens (tertiary/aromatic N) is 2. The Labute approximate surface area is 108 Å². The van der Waals surface area contributed by atoms with Crippen LogP contribution >= 0.6 is 0 Å². The van der Waals surface area contributed by atoms with Gasteiger partial charge in [0.05, 0.1) is 18.0 Å². The van der Waals surface area contributed by atoms with E-state index in [4.69, 9.17) is 9.47 Å². The summed E-state index contributed by atoms with van der Waals surface area (Å²) in [7, 11) is 3.65. The van der Waals surface area contributed by atoms with Crippen LogP contribution in [-0.2, 0) is 11.3 Å². The second-order valence-corrected chi connectivity index (χ2v) is 4.64. The molecule has 2 atom stereocenters. The van der Waals surface area contributed by atoms with Crippen molar-refractivity contribution < 1.29 is 9.47 Å². The fourth-order valence-corrected chi connectivity index (χ4v) is 2.30. The highest BCUT2D eigenvalue weighted by Crippen LogP contribution is 2.24. The van der Waals surface area contributed by atoms with E-state index in [0.717, 1.165) is 31.4 Å². The average molecular weight is 251 g/mol. The SMILES string of the molecule is CNCc1cncc(OC2CCCC(OC)C2)n1. The normalized spacial score (nSPS) is 23.9. The second kappa shape index (κ2) is 6.66. The minimum absolute atomic E-state index is 0.197. The summed E-state index contributed by atoms with van der Waals surface area (Å²) in [6.07, 6.45) is 8.22. The topological polar surface area (TPSA) is 56.3 Å². The van der Waals surface area contributed by atoms with Crippen LogP contribution in [0.2, 0.25) is 0 Å². The first-order chi connectivity index (χ1) is 8.81. The fraction of sp³-hybridized carbons (Fsp3) is 0.692. The quantitative estimate of drug-likeness (QED) is 0.860. The van der Waals surface area contributed by atoms with Crippen molar-refractivity contribution in [2.75, 3.05) is 14.2 Å². The highest BCUT2D eigenvalue weighted by atomic mass is 16.5. The molecule has 1 aliphatic rings. The lowest BCUT2D eigenvalue weighted by molar-refractivity contribution is 0.0193. The van der Waals surface area contributed by atoms with Crippen LogP contribution in [0.3, 0.4) is 0 Å².